The molecule has 0 saturated carbocycles. The molecule has 0 aliphatic rings. The summed E-state index contributed by atoms with van der Waals surface area (Å²) in [7, 11) is -3.92. The summed E-state index contributed by atoms with van der Waals surface area (Å²) in [6.07, 6.45) is 4.19. The molecule has 30 heavy (non-hydrogen) atoms. The number of nitrogens with zero attached hydrogens (tertiary/aromatic N) is 4. The standard InChI is InChI=1S/C18H28N8O2S2/c1-12(21)14(7-18(2,3)4-5-19)9-22-16-13(8-20)6-15(10-23-16)30(27,28)26-17-24-11-25-29-17/h6,10-12,14H,4-5,7,9,19,21H2,1-3H3,(H,22,23)(H,24,25,26)/t12-,14+/m1/s1. The molecule has 2 heterocycles. The molecule has 2 aromatic rings. The zero-order valence-corrected chi connectivity index (χ0v) is 18.9. The van der Waals surface area contributed by atoms with Crippen molar-refractivity contribution in [3.63, 3.8) is 0 Å². The van der Waals surface area contributed by atoms with E-state index in [1.165, 1.54) is 18.6 Å². The topological polar surface area (TPSA) is 173 Å². The molecule has 0 unspecified atom stereocenters. The van der Waals surface area contributed by atoms with Gasteiger partial charge < -0.3 is 16.8 Å². The Kier molecular flexibility index (Phi) is 8.08. The predicted molar refractivity (Wildman–Crippen MR) is 117 cm³/mol. The van der Waals surface area contributed by atoms with Gasteiger partial charge in [0, 0.05) is 30.3 Å². The van der Waals surface area contributed by atoms with Gasteiger partial charge in [0.05, 0.1) is 5.56 Å². The smallest absolute Gasteiger partial charge is 0.265 e. The van der Waals surface area contributed by atoms with Crippen LogP contribution in [0.25, 0.3) is 0 Å². The summed E-state index contributed by atoms with van der Waals surface area (Å²) in [5, 5.41) is 12.8. The number of anilines is 2. The largest absolute Gasteiger partial charge is 0.369 e. The molecule has 0 saturated heterocycles. The fourth-order valence-electron chi connectivity index (χ4n) is 3.08. The summed E-state index contributed by atoms with van der Waals surface area (Å²) in [6, 6.07) is 3.20. The average molecular weight is 453 g/mol. The molecule has 0 amide bonds. The number of sulfonamides is 1. The summed E-state index contributed by atoms with van der Waals surface area (Å²) in [6.45, 7) is 7.35. The zero-order valence-electron chi connectivity index (χ0n) is 17.3. The van der Waals surface area contributed by atoms with Crippen LogP contribution in [0.15, 0.2) is 23.5 Å². The summed E-state index contributed by atoms with van der Waals surface area (Å²) in [4.78, 5) is 7.83. The molecule has 0 aliphatic heterocycles. The Morgan fingerprint density at radius 1 is 1.37 bits per heavy atom. The van der Waals surface area contributed by atoms with Crippen molar-refractivity contribution in [2.45, 2.75) is 44.6 Å². The minimum Gasteiger partial charge on any atom is -0.369 e. The second-order valence-electron chi connectivity index (χ2n) is 7.94. The maximum Gasteiger partial charge on any atom is 0.265 e. The quantitative estimate of drug-likeness (QED) is 0.396. The van der Waals surface area contributed by atoms with E-state index in [0.717, 1.165) is 24.4 Å². The molecule has 0 aliphatic carbocycles. The zero-order chi connectivity index (χ0) is 22.4. The molecule has 2 atom stereocenters. The van der Waals surface area contributed by atoms with Gasteiger partial charge in [0.1, 0.15) is 23.1 Å². The lowest BCUT2D eigenvalue weighted by Gasteiger charge is -2.32. The highest BCUT2D eigenvalue weighted by molar-refractivity contribution is 7.93. The van der Waals surface area contributed by atoms with E-state index in [1.54, 1.807) is 0 Å². The van der Waals surface area contributed by atoms with Gasteiger partial charge >= 0.3 is 0 Å². The fraction of sp³-hybridized carbons (Fsp3) is 0.556. The van der Waals surface area contributed by atoms with Gasteiger partial charge in [0.25, 0.3) is 10.0 Å². The maximum atomic E-state index is 12.5. The van der Waals surface area contributed by atoms with Crippen LogP contribution in [0.5, 0.6) is 0 Å². The number of hydrogen-bond acceptors (Lipinski definition) is 10. The van der Waals surface area contributed by atoms with Crippen molar-refractivity contribution in [3.05, 3.63) is 24.2 Å². The third-order valence-electron chi connectivity index (χ3n) is 4.79. The fourth-order valence-corrected chi connectivity index (χ4v) is 4.72. The van der Waals surface area contributed by atoms with Gasteiger partial charge in [-0.1, -0.05) is 13.8 Å². The number of aromatic nitrogens is 3. The van der Waals surface area contributed by atoms with Gasteiger partial charge in [-0.25, -0.2) is 18.4 Å². The highest BCUT2D eigenvalue weighted by Crippen LogP contribution is 2.30. The summed E-state index contributed by atoms with van der Waals surface area (Å²) in [5.74, 6) is 0.442. The molecule has 12 heteroatoms. The Morgan fingerprint density at radius 3 is 2.67 bits per heavy atom. The number of nitrogens with two attached hydrogens (primary N) is 2. The van der Waals surface area contributed by atoms with E-state index in [-0.39, 0.29) is 33.0 Å². The highest BCUT2D eigenvalue weighted by atomic mass is 32.2. The number of hydrogen-bond donors (Lipinski definition) is 4. The van der Waals surface area contributed by atoms with E-state index in [4.69, 9.17) is 11.5 Å². The number of nitrogens with one attached hydrogen (secondary N) is 2. The van der Waals surface area contributed by atoms with Gasteiger partial charge in [0.15, 0.2) is 0 Å². The molecule has 10 nitrogen and oxygen atoms in total. The molecule has 0 aromatic carbocycles. The number of nitriles is 1. The Morgan fingerprint density at radius 2 is 2.10 bits per heavy atom. The van der Waals surface area contributed by atoms with Gasteiger partial charge in [0.2, 0.25) is 5.13 Å². The highest BCUT2D eigenvalue weighted by Gasteiger charge is 2.26. The summed E-state index contributed by atoms with van der Waals surface area (Å²) in [5.41, 5.74) is 12.0. The van der Waals surface area contributed by atoms with Crippen molar-refractivity contribution in [2.75, 3.05) is 23.1 Å². The molecule has 2 rings (SSSR count). The molecule has 0 fully saturated rings. The second-order valence-corrected chi connectivity index (χ2v) is 10.4. The van der Waals surface area contributed by atoms with E-state index in [9.17, 15) is 13.7 Å². The van der Waals surface area contributed by atoms with Crippen molar-refractivity contribution >= 4 is 32.5 Å². The monoisotopic (exact) mass is 452 g/mol. The van der Waals surface area contributed by atoms with Crippen LogP contribution < -0.4 is 21.5 Å². The Labute approximate surface area is 181 Å². The molecule has 2 aromatic heterocycles. The van der Waals surface area contributed by atoms with Crippen molar-refractivity contribution in [1.82, 2.24) is 14.3 Å². The Bertz CT molecular complexity index is 969. The lowest BCUT2D eigenvalue weighted by atomic mass is 9.78. The van der Waals surface area contributed by atoms with E-state index in [0.29, 0.717) is 18.9 Å². The van der Waals surface area contributed by atoms with Crippen LogP contribution in [-0.2, 0) is 10.0 Å². The van der Waals surface area contributed by atoms with Crippen LogP contribution in [0.3, 0.4) is 0 Å². The third-order valence-corrected chi connectivity index (χ3v) is 6.80. The average Bonchev–Trinajstić information content (AvgIpc) is 3.16. The second kappa shape index (κ2) is 10.1. The Balaban J connectivity index is 2.15. The number of pyridine rings is 1. The SMILES string of the molecule is C[C@@H](N)[C@H](CNc1ncc(S(=O)(=O)Nc2ncns2)cc1C#N)CC(C)(C)CCN. The summed E-state index contributed by atoms with van der Waals surface area (Å²) >= 11 is 0.911. The third kappa shape index (κ3) is 6.60. The van der Waals surface area contributed by atoms with E-state index >= 15 is 0 Å². The van der Waals surface area contributed by atoms with Crippen molar-refractivity contribution in [1.29, 1.82) is 5.26 Å². The first-order chi connectivity index (χ1) is 14.1. The van der Waals surface area contributed by atoms with Crippen LogP contribution in [-0.4, -0.2) is 41.9 Å². The molecule has 0 spiro atoms. The van der Waals surface area contributed by atoms with Crippen molar-refractivity contribution in [2.24, 2.45) is 22.8 Å². The van der Waals surface area contributed by atoms with E-state index in [2.05, 4.69) is 38.2 Å². The molecule has 0 radical (unpaired) electrons. The van der Waals surface area contributed by atoms with Gasteiger partial charge in [-0.15, -0.1) is 0 Å². The van der Waals surface area contributed by atoms with E-state index in [1.807, 2.05) is 13.0 Å². The minimum atomic E-state index is -3.92. The van der Waals surface area contributed by atoms with Gasteiger partial charge in [-0.2, -0.15) is 9.64 Å². The van der Waals surface area contributed by atoms with Crippen LogP contribution in [0.2, 0.25) is 0 Å². The van der Waals surface area contributed by atoms with E-state index < -0.39 is 10.0 Å². The van der Waals surface area contributed by atoms with Gasteiger partial charge in [-0.3, -0.25) is 4.72 Å². The maximum absolute atomic E-state index is 12.5. The lowest BCUT2D eigenvalue weighted by molar-refractivity contribution is 0.239. The van der Waals surface area contributed by atoms with Crippen LogP contribution >= 0.6 is 11.5 Å². The normalized spacial score (nSPS) is 14.0. The minimum absolute atomic E-state index is 0.0362. The molecule has 0 bridgehead atoms. The number of rotatable bonds is 11. The first kappa shape index (κ1) is 23.9. The predicted octanol–water partition coefficient (Wildman–Crippen LogP) is 1.75. The van der Waals surface area contributed by atoms with Crippen molar-refractivity contribution in [3.8, 4) is 6.07 Å². The lowest BCUT2D eigenvalue weighted by Crippen LogP contribution is -2.36. The first-order valence-electron chi connectivity index (χ1n) is 9.47. The van der Waals surface area contributed by atoms with Crippen LogP contribution in [0, 0.1) is 22.7 Å². The molecule has 6 N–H and O–H groups in total. The molecular weight excluding hydrogens is 424 g/mol. The Hall–Kier alpha value is -2.33. The van der Waals surface area contributed by atoms with Gasteiger partial charge in [-0.05, 0) is 43.7 Å². The van der Waals surface area contributed by atoms with Crippen molar-refractivity contribution < 1.29 is 8.42 Å². The summed E-state index contributed by atoms with van der Waals surface area (Å²) < 4.78 is 31.0. The first-order valence-corrected chi connectivity index (χ1v) is 11.7. The molecule has 164 valence electrons. The van der Waals surface area contributed by atoms with Crippen LogP contribution in [0.4, 0.5) is 10.9 Å². The van der Waals surface area contributed by atoms with Crippen LogP contribution in [0.1, 0.15) is 39.2 Å². The molecular formula is C18H28N8O2S2.